The van der Waals surface area contributed by atoms with Gasteiger partial charge in [0.1, 0.15) is 0 Å². The fourth-order valence-corrected chi connectivity index (χ4v) is 7.25. The number of aromatic nitrogens is 2. The van der Waals surface area contributed by atoms with Gasteiger partial charge in [0.15, 0.2) is 0 Å². The van der Waals surface area contributed by atoms with Gasteiger partial charge < -0.3 is 0 Å². The third-order valence-corrected chi connectivity index (χ3v) is 9.99. The Labute approximate surface area is 313 Å². The molecule has 0 atom stereocenters. The highest BCUT2D eigenvalue weighted by Crippen LogP contribution is 2.35. The van der Waals surface area contributed by atoms with Gasteiger partial charge in [0.05, 0.1) is 11.0 Å². The van der Waals surface area contributed by atoms with Crippen molar-refractivity contribution in [1.29, 1.82) is 0 Å². The van der Waals surface area contributed by atoms with Gasteiger partial charge in [-0.3, -0.25) is 18.7 Å². The molecular weight excluding hydrogens is 661 g/mol. The van der Waals surface area contributed by atoms with E-state index in [9.17, 15) is 9.59 Å². The average molecular weight is 695 g/mol. The largest absolute Gasteiger partial charge is 0.321 e. The lowest BCUT2D eigenvalue weighted by Gasteiger charge is -2.18. The van der Waals surface area contributed by atoms with E-state index in [-0.39, 0.29) is 0 Å². The first-order valence-electron chi connectivity index (χ1n) is 18.0. The van der Waals surface area contributed by atoms with Crippen LogP contribution in [0.4, 0.5) is 0 Å². The van der Waals surface area contributed by atoms with E-state index in [2.05, 4.69) is 66.7 Å². The first-order chi connectivity index (χ1) is 26.6. The van der Waals surface area contributed by atoms with Crippen molar-refractivity contribution in [2.75, 3.05) is 0 Å². The van der Waals surface area contributed by atoms with Gasteiger partial charge in [0.25, 0.3) is 0 Å². The molecule has 0 N–H and O–H groups in total. The maximum Gasteiger partial charge on any atom is 0.321 e. The normalized spacial score (nSPS) is 11.1. The van der Waals surface area contributed by atoms with Crippen molar-refractivity contribution in [3.8, 4) is 67.0 Å². The standard InChI is InChI=1S/C50H34N2O2/c53-49-50(54)52(46-28-23-40(24-29-46)36-15-7-2-8-16-36)48-34-41(25-30-47(48)51(49)45-26-21-39(22-27-45)35-13-5-1-6-14-35)44-32-42(37-17-9-3-10-18-37)31-43(33-44)38-19-11-4-12-20-38/h1-34H. The maximum absolute atomic E-state index is 14.4. The zero-order valence-electron chi connectivity index (χ0n) is 29.3. The summed E-state index contributed by atoms with van der Waals surface area (Å²) in [6.45, 7) is 0. The van der Waals surface area contributed by atoms with Crippen molar-refractivity contribution in [2.24, 2.45) is 0 Å². The molecule has 1 heterocycles. The van der Waals surface area contributed by atoms with E-state index in [1.165, 1.54) is 0 Å². The zero-order valence-corrected chi connectivity index (χ0v) is 29.3. The Kier molecular flexibility index (Phi) is 8.46. The molecule has 0 saturated heterocycles. The molecule has 9 rings (SSSR count). The molecule has 256 valence electrons. The van der Waals surface area contributed by atoms with Crippen LogP contribution in [0.3, 0.4) is 0 Å². The molecule has 0 aliphatic rings. The van der Waals surface area contributed by atoms with Crippen LogP contribution in [0.2, 0.25) is 0 Å². The van der Waals surface area contributed by atoms with Gasteiger partial charge >= 0.3 is 11.1 Å². The highest BCUT2D eigenvalue weighted by atomic mass is 16.2. The van der Waals surface area contributed by atoms with E-state index in [4.69, 9.17) is 0 Å². The van der Waals surface area contributed by atoms with Crippen LogP contribution in [-0.2, 0) is 0 Å². The van der Waals surface area contributed by atoms with Gasteiger partial charge in [-0.1, -0.05) is 152 Å². The van der Waals surface area contributed by atoms with Crippen LogP contribution in [0, 0.1) is 0 Å². The third-order valence-electron chi connectivity index (χ3n) is 9.99. The summed E-state index contributed by atoms with van der Waals surface area (Å²) in [6.07, 6.45) is 0. The van der Waals surface area contributed by atoms with Gasteiger partial charge in [-0.15, -0.1) is 0 Å². The van der Waals surface area contributed by atoms with Crippen molar-refractivity contribution in [3.05, 3.63) is 227 Å². The first-order valence-corrected chi connectivity index (χ1v) is 18.0. The Hall–Kier alpha value is -7.30. The van der Waals surface area contributed by atoms with Crippen molar-refractivity contribution in [3.63, 3.8) is 0 Å². The van der Waals surface area contributed by atoms with E-state index in [0.717, 1.165) is 55.6 Å². The van der Waals surface area contributed by atoms with Crippen LogP contribution in [0.25, 0.3) is 78.0 Å². The minimum absolute atomic E-state index is 0.618. The van der Waals surface area contributed by atoms with Gasteiger partial charge in [-0.05, 0) is 110 Å². The quantitative estimate of drug-likeness (QED) is 0.156. The number of rotatable bonds is 7. The second-order valence-corrected chi connectivity index (χ2v) is 13.3. The molecule has 9 aromatic rings. The summed E-state index contributed by atoms with van der Waals surface area (Å²) in [4.78, 5) is 28.6. The fourth-order valence-electron chi connectivity index (χ4n) is 7.25. The molecule has 8 aromatic carbocycles. The molecule has 0 saturated carbocycles. The highest BCUT2D eigenvalue weighted by Gasteiger charge is 2.18. The average Bonchev–Trinajstić information content (AvgIpc) is 3.25. The lowest BCUT2D eigenvalue weighted by Crippen LogP contribution is -2.40. The molecular formula is C50H34N2O2. The molecule has 0 bridgehead atoms. The number of hydrogen-bond donors (Lipinski definition) is 0. The van der Waals surface area contributed by atoms with E-state index >= 15 is 0 Å². The third kappa shape index (κ3) is 6.16. The zero-order chi connectivity index (χ0) is 36.4. The second-order valence-electron chi connectivity index (χ2n) is 13.3. The van der Waals surface area contributed by atoms with Gasteiger partial charge in [0.2, 0.25) is 0 Å². The fraction of sp³-hybridized carbons (Fsp3) is 0. The lowest BCUT2D eigenvalue weighted by atomic mass is 9.93. The molecule has 0 aliphatic heterocycles. The summed E-state index contributed by atoms with van der Waals surface area (Å²) in [5, 5.41) is 0. The summed E-state index contributed by atoms with van der Waals surface area (Å²) in [5.41, 5.74) is 11.8. The first kappa shape index (κ1) is 32.6. The van der Waals surface area contributed by atoms with Crippen LogP contribution in [0.5, 0.6) is 0 Å². The number of benzene rings is 8. The number of nitrogens with zero attached hydrogens (tertiary/aromatic N) is 2. The van der Waals surface area contributed by atoms with Gasteiger partial charge in [0, 0.05) is 11.4 Å². The van der Waals surface area contributed by atoms with E-state index < -0.39 is 11.1 Å². The minimum Gasteiger partial charge on any atom is -0.271 e. The summed E-state index contributed by atoms with van der Waals surface area (Å²) in [7, 11) is 0. The smallest absolute Gasteiger partial charge is 0.271 e. The van der Waals surface area contributed by atoms with E-state index in [1.807, 2.05) is 140 Å². The maximum atomic E-state index is 14.4. The lowest BCUT2D eigenvalue weighted by molar-refractivity contribution is 0.918. The topological polar surface area (TPSA) is 44.0 Å². The summed E-state index contributed by atoms with van der Waals surface area (Å²) < 4.78 is 3.10. The van der Waals surface area contributed by atoms with Crippen molar-refractivity contribution in [1.82, 2.24) is 9.13 Å². The Morgan fingerprint density at radius 3 is 0.926 bits per heavy atom. The van der Waals surface area contributed by atoms with Gasteiger partial charge in [-0.2, -0.15) is 0 Å². The molecule has 54 heavy (non-hydrogen) atoms. The number of fused-ring (bicyclic) bond motifs is 1. The minimum atomic E-state index is -0.623. The molecule has 0 radical (unpaired) electrons. The second kappa shape index (κ2) is 14.0. The molecule has 0 aliphatic carbocycles. The SMILES string of the molecule is O=c1c(=O)n(-c2ccc(-c3ccccc3)cc2)c2cc(-c3cc(-c4ccccc4)cc(-c4ccccc4)c3)ccc2n1-c1ccc(-c2ccccc2)cc1. The van der Waals surface area contributed by atoms with Gasteiger partial charge in [-0.25, -0.2) is 0 Å². The molecule has 0 fully saturated rings. The summed E-state index contributed by atoms with van der Waals surface area (Å²) >= 11 is 0. The Balaban J connectivity index is 1.26. The van der Waals surface area contributed by atoms with Crippen LogP contribution in [0.15, 0.2) is 216 Å². The highest BCUT2D eigenvalue weighted by molar-refractivity contribution is 5.88. The molecule has 1 aromatic heterocycles. The van der Waals surface area contributed by atoms with E-state index in [1.54, 1.807) is 9.13 Å². The van der Waals surface area contributed by atoms with Crippen LogP contribution in [0.1, 0.15) is 0 Å². The van der Waals surface area contributed by atoms with E-state index in [0.29, 0.717) is 22.4 Å². The molecule has 0 amide bonds. The number of hydrogen-bond acceptors (Lipinski definition) is 2. The van der Waals surface area contributed by atoms with Crippen LogP contribution < -0.4 is 11.1 Å². The molecule has 0 unspecified atom stereocenters. The van der Waals surface area contributed by atoms with Crippen molar-refractivity contribution < 1.29 is 0 Å². The molecule has 4 heteroatoms. The predicted octanol–water partition coefficient (Wildman–Crippen LogP) is 11.5. The predicted molar refractivity (Wildman–Crippen MR) is 222 cm³/mol. The molecule has 0 spiro atoms. The Morgan fingerprint density at radius 2 is 0.537 bits per heavy atom. The summed E-state index contributed by atoms with van der Waals surface area (Å²) in [5.74, 6) is 0. The monoisotopic (exact) mass is 694 g/mol. The summed E-state index contributed by atoms with van der Waals surface area (Å²) in [6, 6.07) is 69.2. The van der Waals surface area contributed by atoms with Crippen molar-refractivity contribution >= 4 is 11.0 Å². The van der Waals surface area contributed by atoms with Crippen molar-refractivity contribution in [2.45, 2.75) is 0 Å². The van der Waals surface area contributed by atoms with Crippen LogP contribution >= 0.6 is 0 Å². The Bertz CT molecular complexity index is 2800. The molecule has 4 nitrogen and oxygen atoms in total. The Morgan fingerprint density at radius 1 is 0.241 bits per heavy atom. The van der Waals surface area contributed by atoms with Crippen LogP contribution in [-0.4, -0.2) is 9.13 Å².